The fourth-order valence-corrected chi connectivity index (χ4v) is 4.44. The quantitative estimate of drug-likeness (QED) is 0.248. The van der Waals surface area contributed by atoms with Crippen LogP contribution in [-0.2, 0) is 8.85 Å². The molecule has 0 aliphatic rings. The lowest BCUT2D eigenvalue weighted by atomic mass is 10.2. The first-order valence-corrected chi connectivity index (χ1v) is 17.0. The first kappa shape index (κ1) is 26.7. The summed E-state index contributed by atoms with van der Waals surface area (Å²) in [4.78, 5) is 0. The highest BCUT2D eigenvalue weighted by atomic mass is 79.9. The average Bonchev–Trinajstić information content (AvgIpc) is 2.55. The minimum absolute atomic E-state index is 0.196. The van der Waals surface area contributed by atoms with Gasteiger partial charge in [0.2, 0.25) is 0 Å². The lowest BCUT2D eigenvalue weighted by molar-refractivity contribution is 0.181. The topological polar surface area (TPSA) is 36.9 Å². The highest BCUT2D eigenvalue weighted by molar-refractivity contribution is 9.10. The summed E-state index contributed by atoms with van der Waals surface area (Å²) in [7, 11) is -3.52. The van der Waals surface area contributed by atoms with E-state index in [2.05, 4.69) is 83.7 Å². The molecule has 0 amide bonds. The molecule has 168 valence electrons. The van der Waals surface area contributed by atoms with Crippen molar-refractivity contribution in [1.82, 2.24) is 0 Å². The number of hydrogen-bond donors (Lipinski definition) is 0. The number of benzene rings is 1. The van der Waals surface area contributed by atoms with Gasteiger partial charge in [-0.1, -0.05) is 57.5 Å². The van der Waals surface area contributed by atoms with Gasteiger partial charge in [-0.05, 0) is 54.5 Å². The highest BCUT2D eigenvalue weighted by Crippen LogP contribution is 2.37. The molecule has 0 spiro atoms. The minimum Gasteiger partial charge on any atom is -0.487 e. The van der Waals surface area contributed by atoms with E-state index in [0.717, 1.165) is 16.0 Å². The molecule has 0 atom stereocenters. The molecule has 7 heteroatoms. The van der Waals surface area contributed by atoms with Gasteiger partial charge in [-0.3, -0.25) is 0 Å². The van der Waals surface area contributed by atoms with Gasteiger partial charge < -0.3 is 18.3 Å². The third-order valence-corrected chi connectivity index (χ3v) is 15.7. The van der Waals surface area contributed by atoms with Gasteiger partial charge in [0, 0.05) is 4.47 Å². The first-order valence-electron chi connectivity index (χ1n) is 10.4. The summed E-state index contributed by atoms with van der Waals surface area (Å²) in [6, 6.07) is 5.83. The van der Waals surface area contributed by atoms with E-state index in [1.807, 2.05) is 18.2 Å². The van der Waals surface area contributed by atoms with Crippen LogP contribution in [0.1, 0.15) is 41.5 Å². The molecule has 0 unspecified atom stereocenters. The normalized spacial score (nSPS) is 13.5. The second kappa shape index (κ2) is 10.3. The van der Waals surface area contributed by atoms with E-state index in [1.165, 1.54) is 0 Å². The fourth-order valence-electron chi connectivity index (χ4n) is 2.04. The van der Waals surface area contributed by atoms with E-state index in [-0.39, 0.29) is 10.1 Å². The fraction of sp³-hybridized carbons (Fsp3) is 0.727. The summed E-state index contributed by atoms with van der Waals surface area (Å²) < 4.78 is 25.3. The SMILES string of the molecule is CC(C)(C)[Si](C)(C)OCCOc1ccc(Br)cc1OCCO[Si](C)(C)C(C)(C)C. The summed E-state index contributed by atoms with van der Waals surface area (Å²) >= 11 is 3.51. The van der Waals surface area contributed by atoms with Gasteiger partial charge in [0.25, 0.3) is 0 Å². The molecule has 0 saturated carbocycles. The highest BCUT2D eigenvalue weighted by Gasteiger charge is 2.37. The van der Waals surface area contributed by atoms with Crippen LogP contribution in [-0.4, -0.2) is 43.1 Å². The van der Waals surface area contributed by atoms with Crippen LogP contribution in [0, 0.1) is 0 Å². The van der Waals surface area contributed by atoms with Crippen molar-refractivity contribution < 1.29 is 18.3 Å². The zero-order valence-electron chi connectivity index (χ0n) is 20.1. The monoisotopic (exact) mass is 504 g/mol. The van der Waals surface area contributed by atoms with Gasteiger partial charge in [-0.15, -0.1) is 0 Å². The third kappa shape index (κ3) is 8.36. The van der Waals surface area contributed by atoms with Crippen LogP contribution >= 0.6 is 15.9 Å². The van der Waals surface area contributed by atoms with Gasteiger partial charge in [0.15, 0.2) is 28.1 Å². The lowest BCUT2D eigenvalue weighted by Crippen LogP contribution is -2.41. The van der Waals surface area contributed by atoms with Crippen LogP contribution in [0.15, 0.2) is 22.7 Å². The standard InChI is InChI=1S/C22H41BrO4Si2/c1-21(2,3)28(7,8)26-15-13-24-19-12-11-18(23)17-20(19)25-14-16-27-29(9,10)22(4,5)6/h11-12,17H,13-16H2,1-10H3. The maximum atomic E-state index is 6.20. The van der Waals surface area contributed by atoms with E-state index in [1.54, 1.807) is 0 Å². The van der Waals surface area contributed by atoms with Crippen LogP contribution in [0.3, 0.4) is 0 Å². The van der Waals surface area contributed by atoms with Crippen molar-refractivity contribution in [2.75, 3.05) is 26.4 Å². The molecule has 0 saturated heterocycles. The molecule has 0 heterocycles. The summed E-state index contributed by atoms with van der Waals surface area (Å²) in [5.74, 6) is 1.46. The van der Waals surface area contributed by atoms with E-state index < -0.39 is 16.6 Å². The molecule has 0 bridgehead atoms. The first-order chi connectivity index (χ1) is 13.1. The van der Waals surface area contributed by atoms with E-state index in [9.17, 15) is 0 Å². The Kier molecular flexibility index (Phi) is 9.49. The molecule has 4 nitrogen and oxygen atoms in total. The summed E-state index contributed by atoms with van der Waals surface area (Å²) in [5, 5.41) is 0.393. The average molecular weight is 506 g/mol. The van der Waals surface area contributed by atoms with Gasteiger partial charge in [-0.2, -0.15) is 0 Å². The molecule has 0 aliphatic heterocycles. The summed E-state index contributed by atoms with van der Waals surface area (Å²) in [6.45, 7) is 24.6. The van der Waals surface area contributed by atoms with Crippen molar-refractivity contribution in [3.63, 3.8) is 0 Å². The summed E-state index contributed by atoms with van der Waals surface area (Å²) in [6.07, 6.45) is 0. The van der Waals surface area contributed by atoms with E-state index >= 15 is 0 Å². The number of ether oxygens (including phenoxy) is 2. The molecule has 1 aromatic carbocycles. The van der Waals surface area contributed by atoms with Crippen LogP contribution in [0.25, 0.3) is 0 Å². The molecular weight excluding hydrogens is 464 g/mol. The molecular formula is C22H41BrO4Si2. The molecule has 0 aromatic heterocycles. The second-order valence-corrected chi connectivity index (χ2v) is 21.0. The Labute approximate surface area is 189 Å². The zero-order chi connectivity index (χ0) is 22.5. The van der Waals surface area contributed by atoms with Crippen molar-refractivity contribution in [3.8, 4) is 11.5 Å². The van der Waals surface area contributed by atoms with Gasteiger partial charge in [-0.25, -0.2) is 0 Å². The Hall–Kier alpha value is -0.346. The summed E-state index contributed by atoms with van der Waals surface area (Å²) in [5.41, 5.74) is 0. The van der Waals surface area contributed by atoms with Crippen LogP contribution < -0.4 is 9.47 Å². The number of hydrogen-bond acceptors (Lipinski definition) is 4. The molecule has 1 rings (SSSR count). The van der Waals surface area contributed by atoms with Crippen molar-refractivity contribution in [2.45, 2.75) is 77.8 Å². The number of halogens is 1. The van der Waals surface area contributed by atoms with Crippen molar-refractivity contribution in [2.24, 2.45) is 0 Å². The van der Waals surface area contributed by atoms with Gasteiger partial charge in [0.1, 0.15) is 13.2 Å². The smallest absolute Gasteiger partial charge is 0.192 e. The Balaban J connectivity index is 2.58. The van der Waals surface area contributed by atoms with Gasteiger partial charge in [0.05, 0.1) is 13.2 Å². The Bertz CT molecular complexity index is 649. The Morgan fingerprint density at radius 1 is 0.690 bits per heavy atom. The Morgan fingerprint density at radius 3 is 1.52 bits per heavy atom. The molecule has 0 radical (unpaired) electrons. The van der Waals surface area contributed by atoms with Gasteiger partial charge >= 0.3 is 0 Å². The minimum atomic E-state index is -1.76. The lowest BCUT2D eigenvalue weighted by Gasteiger charge is -2.36. The molecule has 1 aromatic rings. The van der Waals surface area contributed by atoms with Crippen LogP contribution in [0.2, 0.25) is 36.3 Å². The third-order valence-electron chi connectivity index (χ3n) is 6.13. The predicted octanol–water partition coefficient (Wildman–Crippen LogP) is 7.25. The molecule has 29 heavy (non-hydrogen) atoms. The van der Waals surface area contributed by atoms with Crippen molar-refractivity contribution in [1.29, 1.82) is 0 Å². The van der Waals surface area contributed by atoms with E-state index in [0.29, 0.717) is 26.4 Å². The molecule has 0 fully saturated rings. The number of rotatable bonds is 10. The predicted molar refractivity (Wildman–Crippen MR) is 131 cm³/mol. The van der Waals surface area contributed by atoms with Crippen molar-refractivity contribution in [3.05, 3.63) is 22.7 Å². The second-order valence-electron chi connectivity index (χ2n) is 10.5. The largest absolute Gasteiger partial charge is 0.487 e. The van der Waals surface area contributed by atoms with E-state index in [4.69, 9.17) is 18.3 Å². The maximum absolute atomic E-state index is 6.20. The molecule has 0 aliphatic carbocycles. The maximum Gasteiger partial charge on any atom is 0.192 e. The molecule has 0 N–H and O–H groups in total. The van der Waals surface area contributed by atoms with Crippen molar-refractivity contribution >= 4 is 32.6 Å². The Morgan fingerprint density at radius 2 is 1.10 bits per heavy atom. The van der Waals surface area contributed by atoms with Crippen LogP contribution in [0.5, 0.6) is 11.5 Å². The van der Waals surface area contributed by atoms with Crippen LogP contribution in [0.4, 0.5) is 0 Å². The zero-order valence-corrected chi connectivity index (χ0v) is 23.7.